The second-order valence-corrected chi connectivity index (χ2v) is 5.80. The predicted molar refractivity (Wildman–Crippen MR) is 98.3 cm³/mol. The minimum Gasteiger partial charge on any atom is -0.507 e. The van der Waals surface area contributed by atoms with Gasteiger partial charge in [-0.1, -0.05) is 30.3 Å². The highest BCUT2D eigenvalue weighted by molar-refractivity contribution is 5.96. The fourth-order valence-electron chi connectivity index (χ4n) is 2.75. The molecule has 134 valence electrons. The predicted octanol–water partition coefficient (Wildman–Crippen LogP) is 3.03. The zero-order valence-corrected chi connectivity index (χ0v) is 14.7. The minimum atomic E-state index is -0.613. The molecular weight excluding hydrogens is 332 g/mol. The Labute approximate surface area is 151 Å². The lowest BCUT2D eigenvalue weighted by molar-refractivity contribution is 0.0594. The van der Waals surface area contributed by atoms with Gasteiger partial charge in [-0.25, -0.2) is 9.78 Å². The van der Waals surface area contributed by atoms with E-state index >= 15 is 0 Å². The van der Waals surface area contributed by atoms with E-state index in [4.69, 9.17) is 4.74 Å². The van der Waals surface area contributed by atoms with Crippen LogP contribution in [0.5, 0.6) is 11.5 Å². The molecule has 0 spiro atoms. The van der Waals surface area contributed by atoms with Gasteiger partial charge in [0.25, 0.3) is 0 Å². The first-order chi connectivity index (χ1) is 12.6. The molecule has 0 amide bonds. The van der Waals surface area contributed by atoms with Crippen LogP contribution >= 0.6 is 0 Å². The second kappa shape index (κ2) is 7.84. The zero-order chi connectivity index (χ0) is 18.5. The Bertz CT molecular complexity index is 926. The molecule has 0 aliphatic rings. The first kappa shape index (κ1) is 17.7. The van der Waals surface area contributed by atoms with Gasteiger partial charge in [-0.15, -0.1) is 0 Å². The number of methoxy groups -OCH3 is 2. The summed E-state index contributed by atoms with van der Waals surface area (Å²) in [7, 11) is 2.80. The third-order valence-electron chi connectivity index (χ3n) is 4.03. The summed E-state index contributed by atoms with van der Waals surface area (Å²) in [6.45, 7) is 1.33. The van der Waals surface area contributed by atoms with Crippen LogP contribution in [-0.4, -0.2) is 30.3 Å². The van der Waals surface area contributed by atoms with Crippen LogP contribution in [0.2, 0.25) is 0 Å². The van der Waals surface area contributed by atoms with Gasteiger partial charge in [-0.2, -0.15) is 0 Å². The number of pyridine rings is 1. The van der Waals surface area contributed by atoms with Crippen molar-refractivity contribution in [3.8, 4) is 11.5 Å². The highest BCUT2D eigenvalue weighted by atomic mass is 16.5. The molecule has 1 heterocycles. The molecule has 6 heteroatoms. The van der Waals surface area contributed by atoms with Gasteiger partial charge in [0, 0.05) is 24.5 Å². The second-order valence-electron chi connectivity index (χ2n) is 5.80. The zero-order valence-electron chi connectivity index (χ0n) is 14.7. The lowest BCUT2D eigenvalue weighted by Gasteiger charge is -2.12. The monoisotopic (exact) mass is 352 g/mol. The van der Waals surface area contributed by atoms with Gasteiger partial charge >= 0.3 is 5.97 Å². The average molecular weight is 352 g/mol. The average Bonchev–Trinajstić information content (AvgIpc) is 2.68. The van der Waals surface area contributed by atoms with Gasteiger partial charge in [-0.05, 0) is 23.3 Å². The van der Waals surface area contributed by atoms with Crippen molar-refractivity contribution >= 4 is 16.9 Å². The normalized spacial score (nSPS) is 10.7. The van der Waals surface area contributed by atoms with Crippen molar-refractivity contribution in [3.63, 3.8) is 0 Å². The van der Waals surface area contributed by atoms with E-state index in [0.29, 0.717) is 23.2 Å². The van der Waals surface area contributed by atoms with E-state index in [9.17, 15) is 9.90 Å². The van der Waals surface area contributed by atoms with Crippen LogP contribution in [0.25, 0.3) is 10.9 Å². The largest absolute Gasteiger partial charge is 0.507 e. The minimum absolute atomic E-state index is 0.0331. The molecule has 3 aromatic rings. The summed E-state index contributed by atoms with van der Waals surface area (Å²) in [4.78, 5) is 16.0. The Balaban J connectivity index is 1.88. The summed E-state index contributed by atoms with van der Waals surface area (Å²) < 4.78 is 10.1. The van der Waals surface area contributed by atoms with Crippen LogP contribution in [0.1, 0.15) is 21.6 Å². The quantitative estimate of drug-likeness (QED) is 0.664. The summed E-state index contributed by atoms with van der Waals surface area (Å²) >= 11 is 0. The SMILES string of the molecule is COC(=O)c1cc(O)c2cc(CNCc3ccccc3)cc(OC)c2n1. The Morgan fingerprint density at radius 3 is 2.50 bits per heavy atom. The van der Waals surface area contributed by atoms with Crippen LogP contribution in [0.4, 0.5) is 0 Å². The first-order valence-corrected chi connectivity index (χ1v) is 8.16. The van der Waals surface area contributed by atoms with Crippen molar-refractivity contribution in [1.82, 2.24) is 10.3 Å². The van der Waals surface area contributed by atoms with Gasteiger partial charge < -0.3 is 19.9 Å². The number of nitrogens with zero attached hydrogens (tertiary/aromatic N) is 1. The molecular formula is C20H20N2O4. The van der Waals surface area contributed by atoms with E-state index in [1.165, 1.54) is 25.8 Å². The Kier molecular flexibility index (Phi) is 5.34. The van der Waals surface area contributed by atoms with Crippen LogP contribution in [0, 0.1) is 0 Å². The van der Waals surface area contributed by atoms with Crippen molar-refractivity contribution in [2.24, 2.45) is 0 Å². The van der Waals surface area contributed by atoms with Crippen molar-refractivity contribution < 1.29 is 19.4 Å². The number of ether oxygens (including phenoxy) is 2. The highest BCUT2D eigenvalue weighted by Gasteiger charge is 2.16. The number of esters is 1. The van der Waals surface area contributed by atoms with Crippen LogP contribution in [-0.2, 0) is 17.8 Å². The Morgan fingerprint density at radius 2 is 1.81 bits per heavy atom. The third-order valence-corrected chi connectivity index (χ3v) is 4.03. The molecule has 0 saturated carbocycles. The summed E-state index contributed by atoms with van der Waals surface area (Å²) in [6.07, 6.45) is 0. The smallest absolute Gasteiger partial charge is 0.356 e. The van der Waals surface area contributed by atoms with Crippen molar-refractivity contribution in [2.45, 2.75) is 13.1 Å². The van der Waals surface area contributed by atoms with Gasteiger partial charge in [0.05, 0.1) is 14.2 Å². The number of benzene rings is 2. The van der Waals surface area contributed by atoms with Gasteiger partial charge in [0.2, 0.25) is 0 Å². The molecule has 0 fully saturated rings. The number of nitrogens with one attached hydrogen (secondary N) is 1. The van der Waals surface area contributed by atoms with Crippen molar-refractivity contribution in [3.05, 3.63) is 65.4 Å². The molecule has 3 rings (SSSR count). The van der Waals surface area contributed by atoms with E-state index < -0.39 is 5.97 Å². The number of rotatable bonds is 6. The maximum Gasteiger partial charge on any atom is 0.356 e. The lowest BCUT2D eigenvalue weighted by atomic mass is 10.1. The fraction of sp³-hybridized carbons (Fsp3) is 0.200. The third kappa shape index (κ3) is 3.75. The number of carbonyl (C=O) groups is 1. The van der Waals surface area contributed by atoms with E-state index in [1.54, 1.807) is 0 Å². The van der Waals surface area contributed by atoms with Crippen LogP contribution in [0.3, 0.4) is 0 Å². The van der Waals surface area contributed by atoms with E-state index in [0.717, 1.165) is 12.1 Å². The number of fused-ring (bicyclic) bond motifs is 1. The molecule has 0 radical (unpaired) electrons. The van der Waals surface area contributed by atoms with Gasteiger partial charge in [0.15, 0.2) is 5.69 Å². The molecule has 0 bridgehead atoms. The molecule has 0 atom stereocenters. The van der Waals surface area contributed by atoms with Crippen LogP contribution < -0.4 is 10.1 Å². The molecule has 0 aliphatic heterocycles. The number of hydrogen-bond donors (Lipinski definition) is 2. The van der Waals surface area contributed by atoms with Crippen molar-refractivity contribution in [2.75, 3.05) is 14.2 Å². The number of carbonyl (C=O) groups excluding carboxylic acids is 1. The Hall–Kier alpha value is -3.12. The standard InChI is InChI=1S/C20H20N2O4/c1-25-18-9-14(12-21-11-13-6-4-3-5-7-13)8-15-17(23)10-16(20(24)26-2)22-19(15)18/h3-10,21H,11-12H2,1-2H3,(H,22,23). The van der Waals surface area contributed by atoms with E-state index in [1.807, 2.05) is 30.3 Å². The summed E-state index contributed by atoms with van der Waals surface area (Å²) in [6, 6.07) is 15.1. The molecule has 26 heavy (non-hydrogen) atoms. The van der Waals surface area contributed by atoms with Gasteiger partial charge in [0.1, 0.15) is 17.0 Å². The maximum atomic E-state index is 11.7. The van der Waals surface area contributed by atoms with Crippen molar-refractivity contribution in [1.29, 1.82) is 0 Å². The lowest BCUT2D eigenvalue weighted by Crippen LogP contribution is -2.13. The molecule has 6 nitrogen and oxygen atoms in total. The Morgan fingerprint density at radius 1 is 1.08 bits per heavy atom. The number of aromatic nitrogens is 1. The summed E-state index contributed by atoms with van der Waals surface area (Å²) in [5.41, 5.74) is 2.58. The number of aromatic hydroxyl groups is 1. The fourth-order valence-corrected chi connectivity index (χ4v) is 2.75. The van der Waals surface area contributed by atoms with Crippen LogP contribution in [0.15, 0.2) is 48.5 Å². The molecule has 2 N–H and O–H groups in total. The maximum absolute atomic E-state index is 11.7. The molecule has 2 aromatic carbocycles. The topological polar surface area (TPSA) is 80.7 Å². The summed E-state index contributed by atoms with van der Waals surface area (Å²) in [5, 5.41) is 14.2. The molecule has 0 saturated heterocycles. The van der Waals surface area contributed by atoms with Gasteiger partial charge in [-0.3, -0.25) is 0 Å². The molecule has 0 unspecified atom stereocenters. The summed E-state index contributed by atoms with van der Waals surface area (Å²) in [5.74, 6) is -0.170. The van der Waals surface area contributed by atoms with E-state index in [-0.39, 0.29) is 11.4 Å². The molecule has 0 aliphatic carbocycles. The van der Waals surface area contributed by atoms with E-state index in [2.05, 4.69) is 27.2 Å². The number of hydrogen-bond acceptors (Lipinski definition) is 6. The first-order valence-electron chi connectivity index (χ1n) is 8.16. The molecule has 1 aromatic heterocycles. The highest BCUT2D eigenvalue weighted by Crippen LogP contribution is 2.32.